The Morgan fingerprint density at radius 1 is 1.62 bits per heavy atom. The second-order valence-electron chi connectivity index (χ2n) is 3.58. The maximum atomic E-state index is 10.6. The molecule has 0 saturated heterocycles. The number of aryl methyl sites for hydroxylation is 1. The highest BCUT2D eigenvalue weighted by molar-refractivity contribution is 6.32. The van der Waals surface area contributed by atoms with Crippen LogP contribution in [0.5, 0.6) is 5.75 Å². The number of nitrogens with two attached hydrogens (primary N) is 1. The zero-order valence-electron chi connectivity index (χ0n) is 9.16. The van der Waals surface area contributed by atoms with Gasteiger partial charge in [-0.05, 0) is 30.5 Å². The molecule has 0 aliphatic rings. The molecule has 16 heavy (non-hydrogen) atoms. The number of ether oxygens (including phenoxy) is 1. The average molecular weight is 244 g/mol. The number of carbonyl (C=O) groups is 1. The molecule has 0 aliphatic carbocycles. The topological polar surface area (TPSA) is 72.5 Å². The van der Waals surface area contributed by atoms with Crippen molar-refractivity contribution in [1.82, 2.24) is 0 Å². The molecule has 0 aromatic heterocycles. The molecule has 0 aliphatic heterocycles. The highest BCUT2D eigenvalue weighted by Crippen LogP contribution is 2.29. The molecule has 1 atom stereocenters. The van der Waals surface area contributed by atoms with Crippen LogP contribution in [0.15, 0.2) is 12.1 Å². The summed E-state index contributed by atoms with van der Waals surface area (Å²) >= 11 is 5.98. The van der Waals surface area contributed by atoms with Crippen LogP contribution in [0.4, 0.5) is 0 Å². The summed E-state index contributed by atoms with van der Waals surface area (Å²) < 4.78 is 5.10. The van der Waals surface area contributed by atoms with E-state index in [1.54, 1.807) is 6.07 Å². The molecule has 1 unspecified atom stereocenters. The molecule has 0 bridgehead atoms. The molecule has 1 aromatic carbocycles. The Kier molecular flexibility index (Phi) is 4.15. The van der Waals surface area contributed by atoms with Gasteiger partial charge in [-0.3, -0.25) is 4.79 Å². The molecule has 1 aromatic rings. The molecule has 0 spiro atoms. The molecule has 0 amide bonds. The van der Waals surface area contributed by atoms with Crippen molar-refractivity contribution < 1.29 is 14.6 Å². The van der Waals surface area contributed by atoms with Crippen molar-refractivity contribution in [3.8, 4) is 5.75 Å². The van der Waals surface area contributed by atoms with Crippen LogP contribution in [-0.2, 0) is 11.2 Å². The number of hydrogen-bond donors (Lipinski definition) is 2. The van der Waals surface area contributed by atoms with Crippen molar-refractivity contribution in [3.05, 3.63) is 28.3 Å². The van der Waals surface area contributed by atoms with E-state index in [4.69, 9.17) is 27.2 Å². The number of benzene rings is 1. The van der Waals surface area contributed by atoms with Gasteiger partial charge in [-0.15, -0.1) is 0 Å². The minimum absolute atomic E-state index is 0.250. The third-order valence-electron chi connectivity index (χ3n) is 2.27. The molecule has 3 N–H and O–H groups in total. The maximum absolute atomic E-state index is 10.6. The average Bonchev–Trinajstić information content (AvgIpc) is 2.16. The van der Waals surface area contributed by atoms with Crippen LogP contribution in [0.2, 0.25) is 5.02 Å². The van der Waals surface area contributed by atoms with Gasteiger partial charge in [0.15, 0.2) is 0 Å². The summed E-state index contributed by atoms with van der Waals surface area (Å²) in [5, 5.41) is 9.17. The molecule has 1 rings (SSSR count). The first kappa shape index (κ1) is 12.8. The summed E-state index contributed by atoms with van der Waals surface area (Å²) in [6, 6.07) is 2.59. The minimum atomic E-state index is -1.02. The summed E-state index contributed by atoms with van der Waals surface area (Å²) in [6.45, 7) is 1.85. The summed E-state index contributed by atoms with van der Waals surface area (Å²) in [7, 11) is 1.54. The van der Waals surface area contributed by atoms with E-state index in [0.29, 0.717) is 10.8 Å². The molecule has 5 heteroatoms. The van der Waals surface area contributed by atoms with E-state index < -0.39 is 12.0 Å². The Labute approximate surface area is 99.0 Å². The van der Waals surface area contributed by atoms with E-state index in [-0.39, 0.29) is 6.42 Å². The molecule has 4 nitrogen and oxygen atoms in total. The van der Waals surface area contributed by atoms with Crippen LogP contribution < -0.4 is 10.5 Å². The fraction of sp³-hybridized carbons (Fsp3) is 0.364. The largest absolute Gasteiger partial charge is 0.495 e. The Morgan fingerprint density at radius 3 is 2.69 bits per heavy atom. The minimum Gasteiger partial charge on any atom is -0.495 e. The zero-order chi connectivity index (χ0) is 12.3. The van der Waals surface area contributed by atoms with Crippen LogP contribution >= 0.6 is 11.6 Å². The predicted octanol–water partition coefficient (Wildman–Crippen LogP) is 1.61. The standard InChI is InChI=1S/C11H14ClNO3/c1-6-3-7(5-9(13)11(14)15)4-8(12)10(6)16-2/h3-4,9H,5,13H2,1-2H3,(H,14,15). The number of carboxylic acids is 1. The van der Waals surface area contributed by atoms with Crippen LogP contribution in [0.1, 0.15) is 11.1 Å². The highest BCUT2D eigenvalue weighted by atomic mass is 35.5. The number of methoxy groups -OCH3 is 1. The Morgan fingerprint density at radius 2 is 2.25 bits per heavy atom. The Hall–Kier alpha value is -1.26. The van der Waals surface area contributed by atoms with E-state index in [0.717, 1.165) is 11.1 Å². The number of aliphatic carboxylic acids is 1. The highest BCUT2D eigenvalue weighted by Gasteiger charge is 2.14. The van der Waals surface area contributed by atoms with Crippen LogP contribution in [0.25, 0.3) is 0 Å². The SMILES string of the molecule is COc1c(C)cc(CC(N)C(=O)O)cc1Cl. The molecule has 0 heterocycles. The number of carboxylic acid groups (broad SMARTS) is 1. The lowest BCUT2D eigenvalue weighted by Gasteiger charge is -2.11. The normalized spacial score (nSPS) is 12.2. The van der Waals surface area contributed by atoms with Crippen molar-refractivity contribution in [2.45, 2.75) is 19.4 Å². The predicted molar refractivity (Wildman–Crippen MR) is 62.1 cm³/mol. The third kappa shape index (κ3) is 2.87. The molecule has 88 valence electrons. The quantitative estimate of drug-likeness (QED) is 0.843. The van der Waals surface area contributed by atoms with Gasteiger partial charge in [-0.2, -0.15) is 0 Å². The molecular weight excluding hydrogens is 230 g/mol. The lowest BCUT2D eigenvalue weighted by molar-refractivity contribution is -0.138. The monoisotopic (exact) mass is 243 g/mol. The number of halogens is 1. The first-order valence-corrected chi connectivity index (χ1v) is 5.15. The number of rotatable bonds is 4. The molecule has 0 radical (unpaired) electrons. The van der Waals surface area contributed by atoms with Gasteiger partial charge in [-0.1, -0.05) is 17.7 Å². The second kappa shape index (κ2) is 5.18. The first-order valence-electron chi connectivity index (χ1n) is 4.77. The van der Waals surface area contributed by atoms with E-state index >= 15 is 0 Å². The van der Waals surface area contributed by atoms with Gasteiger partial charge in [0, 0.05) is 0 Å². The Bertz CT molecular complexity index is 383. The van der Waals surface area contributed by atoms with Gasteiger partial charge in [0.2, 0.25) is 0 Å². The zero-order valence-corrected chi connectivity index (χ0v) is 9.91. The maximum Gasteiger partial charge on any atom is 0.320 e. The van der Waals surface area contributed by atoms with Gasteiger partial charge in [-0.25, -0.2) is 0 Å². The number of hydrogen-bond acceptors (Lipinski definition) is 3. The smallest absolute Gasteiger partial charge is 0.320 e. The lowest BCUT2D eigenvalue weighted by atomic mass is 10.0. The van der Waals surface area contributed by atoms with Gasteiger partial charge in [0.1, 0.15) is 11.8 Å². The van der Waals surface area contributed by atoms with Crippen LogP contribution in [-0.4, -0.2) is 24.2 Å². The van der Waals surface area contributed by atoms with Gasteiger partial charge >= 0.3 is 5.97 Å². The van der Waals surface area contributed by atoms with Gasteiger partial charge in [0.25, 0.3) is 0 Å². The van der Waals surface area contributed by atoms with Gasteiger partial charge < -0.3 is 15.6 Å². The molecule has 0 saturated carbocycles. The van der Waals surface area contributed by atoms with Crippen molar-refractivity contribution in [3.63, 3.8) is 0 Å². The molecular formula is C11H14ClNO3. The summed E-state index contributed by atoms with van der Waals surface area (Å²) in [5.74, 6) is -0.418. The second-order valence-corrected chi connectivity index (χ2v) is 3.98. The van der Waals surface area contributed by atoms with Crippen molar-refractivity contribution in [2.75, 3.05) is 7.11 Å². The van der Waals surface area contributed by atoms with E-state index in [9.17, 15) is 4.79 Å². The van der Waals surface area contributed by atoms with E-state index in [1.165, 1.54) is 7.11 Å². The van der Waals surface area contributed by atoms with E-state index in [1.807, 2.05) is 13.0 Å². The van der Waals surface area contributed by atoms with Crippen molar-refractivity contribution >= 4 is 17.6 Å². The van der Waals surface area contributed by atoms with Crippen molar-refractivity contribution in [2.24, 2.45) is 5.73 Å². The fourth-order valence-corrected chi connectivity index (χ4v) is 1.89. The summed E-state index contributed by atoms with van der Waals surface area (Å²) in [5.41, 5.74) is 7.10. The molecule has 0 fully saturated rings. The third-order valence-corrected chi connectivity index (χ3v) is 2.55. The van der Waals surface area contributed by atoms with Crippen LogP contribution in [0.3, 0.4) is 0 Å². The van der Waals surface area contributed by atoms with E-state index in [2.05, 4.69) is 0 Å². The summed E-state index contributed by atoms with van der Waals surface area (Å²) in [4.78, 5) is 10.6. The first-order chi connectivity index (χ1) is 7.45. The fourth-order valence-electron chi connectivity index (χ4n) is 1.52. The van der Waals surface area contributed by atoms with Gasteiger partial charge in [0.05, 0.1) is 12.1 Å². The van der Waals surface area contributed by atoms with Crippen LogP contribution in [0, 0.1) is 6.92 Å². The van der Waals surface area contributed by atoms with Crippen molar-refractivity contribution in [1.29, 1.82) is 0 Å². The summed E-state index contributed by atoms with van der Waals surface area (Å²) in [6.07, 6.45) is 0.250. The Balaban J connectivity index is 2.96. The lowest BCUT2D eigenvalue weighted by Crippen LogP contribution is -2.32.